The fourth-order valence-corrected chi connectivity index (χ4v) is 5.74. The number of rotatable bonds is 23. The third kappa shape index (κ3) is 11.6. The molecule has 16 heteroatoms. The molecule has 16 nitrogen and oxygen atoms in total. The Morgan fingerprint density at radius 2 is 0.904 bits per heavy atom. The maximum atomic E-state index is 11.3. The molecule has 278 valence electrons. The number of hydrogen-bond acceptors (Lipinski definition) is 10. The summed E-state index contributed by atoms with van der Waals surface area (Å²) in [5.74, 6) is -4.45. The first-order valence-electron chi connectivity index (χ1n) is 16.6. The van der Waals surface area contributed by atoms with E-state index in [0.717, 1.165) is 33.6 Å². The zero-order chi connectivity index (χ0) is 37.6. The van der Waals surface area contributed by atoms with Gasteiger partial charge in [-0.25, -0.2) is 0 Å². The molecule has 0 aliphatic heterocycles. The molecule has 0 spiro atoms. The van der Waals surface area contributed by atoms with E-state index in [1.807, 2.05) is 74.5 Å². The minimum absolute atomic E-state index is 0.174. The van der Waals surface area contributed by atoms with Gasteiger partial charge in [0, 0.05) is 46.7 Å². The van der Waals surface area contributed by atoms with E-state index in [0.29, 0.717) is 11.4 Å². The Labute approximate surface area is 300 Å². The molecule has 0 amide bonds. The molecule has 2 heterocycles. The van der Waals surface area contributed by atoms with Crippen molar-refractivity contribution in [1.82, 2.24) is 29.4 Å². The molecule has 4 aromatic rings. The Morgan fingerprint density at radius 3 is 1.21 bits per heavy atom. The summed E-state index contributed by atoms with van der Waals surface area (Å²) in [5.41, 5.74) is 6.49. The molecule has 4 N–H and O–H groups in total. The van der Waals surface area contributed by atoms with Crippen LogP contribution in [0.1, 0.15) is 22.5 Å². The molecule has 0 saturated heterocycles. The summed E-state index contributed by atoms with van der Waals surface area (Å²) in [7, 11) is 0. The second-order valence-corrected chi connectivity index (χ2v) is 12.1. The lowest BCUT2D eigenvalue weighted by Crippen LogP contribution is -2.37. The van der Waals surface area contributed by atoms with E-state index in [-0.39, 0.29) is 52.6 Å². The first-order chi connectivity index (χ1) is 24.9. The molecule has 52 heavy (non-hydrogen) atoms. The SMILES string of the molecule is Cc1c(COCCOCc2c(-c3ccccc3)nn(CCN(CC(=O)O)CC(=O)O)c2C)c(-c2ccccc2)nn1CCN(CC(=O)O)CC(=O)O. The van der Waals surface area contributed by atoms with Gasteiger partial charge in [-0.2, -0.15) is 10.2 Å². The lowest BCUT2D eigenvalue weighted by Gasteiger charge is -2.18. The Morgan fingerprint density at radius 1 is 0.577 bits per heavy atom. The molecule has 0 aliphatic carbocycles. The van der Waals surface area contributed by atoms with Gasteiger partial charge in [-0.1, -0.05) is 60.7 Å². The molecule has 4 rings (SSSR count). The standard InChI is InChI=1S/C36H44N6O10/c1-25-29(35(27-9-5-3-6-10-27)37-41(25)15-13-39(19-31(43)44)20-32(45)46)23-51-17-18-52-24-30-26(2)42(38-36(30)28-11-7-4-8-12-28)16-14-40(21-33(47)48)22-34(49)50/h3-12H,13-24H2,1-2H3,(H,43,44)(H,45,46)(H,47,48)(H,49,50). The van der Waals surface area contributed by atoms with Crippen LogP contribution < -0.4 is 0 Å². The molecule has 0 atom stereocenters. The number of carboxylic acid groups (broad SMARTS) is 4. The van der Waals surface area contributed by atoms with Crippen LogP contribution in [0.5, 0.6) is 0 Å². The number of ether oxygens (including phenoxy) is 2. The fourth-order valence-electron chi connectivity index (χ4n) is 5.74. The van der Waals surface area contributed by atoms with Gasteiger partial charge in [0.1, 0.15) is 0 Å². The van der Waals surface area contributed by atoms with Crippen LogP contribution in [0.2, 0.25) is 0 Å². The topological polar surface area (TPSA) is 210 Å². The largest absolute Gasteiger partial charge is 0.480 e. The molecule has 0 radical (unpaired) electrons. The van der Waals surface area contributed by atoms with Gasteiger partial charge in [-0.05, 0) is 13.8 Å². The molecule has 2 aromatic heterocycles. The maximum absolute atomic E-state index is 11.3. The van der Waals surface area contributed by atoms with E-state index >= 15 is 0 Å². The average Bonchev–Trinajstić information content (AvgIpc) is 3.58. The normalized spacial score (nSPS) is 11.4. The van der Waals surface area contributed by atoms with Gasteiger partial charge in [0.15, 0.2) is 0 Å². The third-order valence-electron chi connectivity index (χ3n) is 8.31. The second-order valence-electron chi connectivity index (χ2n) is 12.1. The predicted octanol–water partition coefficient (Wildman–Crippen LogP) is 2.71. The van der Waals surface area contributed by atoms with Crippen LogP contribution in [0.4, 0.5) is 0 Å². The molecule has 2 aromatic carbocycles. The summed E-state index contributed by atoms with van der Waals surface area (Å²) in [5, 5.41) is 46.4. The lowest BCUT2D eigenvalue weighted by atomic mass is 10.1. The van der Waals surface area contributed by atoms with Crippen LogP contribution in [-0.2, 0) is 55.0 Å². The summed E-state index contributed by atoms with van der Waals surface area (Å²) < 4.78 is 15.6. The average molecular weight is 721 g/mol. The van der Waals surface area contributed by atoms with E-state index in [2.05, 4.69) is 0 Å². The quantitative estimate of drug-likeness (QED) is 0.0813. The monoisotopic (exact) mass is 720 g/mol. The third-order valence-corrected chi connectivity index (χ3v) is 8.31. The highest BCUT2D eigenvalue weighted by Crippen LogP contribution is 2.27. The van der Waals surface area contributed by atoms with E-state index < -0.39 is 50.1 Å². The van der Waals surface area contributed by atoms with E-state index in [1.54, 1.807) is 9.36 Å². The number of nitrogens with zero attached hydrogens (tertiary/aromatic N) is 6. The zero-order valence-corrected chi connectivity index (χ0v) is 29.2. The molecule has 0 fully saturated rings. The van der Waals surface area contributed by atoms with Gasteiger partial charge in [0.2, 0.25) is 0 Å². The van der Waals surface area contributed by atoms with E-state index in [4.69, 9.17) is 19.7 Å². The summed E-state index contributed by atoms with van der Waals surface area (Å²) >= 11 is 0. The van der Waals surface area contributed by atoms with Crippen molar-refractivity contribution in [3.63, 3.8) is 0 Å². The Hall–Kier alpha value is -5.42. The van der Waals surface area contributed by atoms with Gasteiger partial charge in [-0.15, -0.1) is 0 Å². The lowest BCUT2D eigenvalue weighted by molar-refractivity contribution is -0.143. The smallest absolute Gasteiger partial charge is 0.317 e. The van der Waals surface area contributed by atoms with Gasteiger partial charge in [0.05, 0.1) is 77.1 Å². The summed E-state index contributed by atoms with van der Waals surface area (Å²) in [4.78, 5) is 47.8. The van der Waals surface area contributed by atoms with Crippen molar-refractivity contribution in [1.29, 1.82) is 0 Å². The van der Waals surface area contributed by atoms with Gasteiger partial charge in [-0.3, -0.25) is 38.3 Å². The van der Waals surface area contributed by atoms with Crippen molar-refractivity contribution in [2.45, 2.75) is 40.2 Å². The minimum atomic E-state index is -1.11. The molecular weight excluding hydrogens is 676 g/mol. The van der Waals surface area contributed by atoms with Crippen molar-refractivity contribution in [3.05, 3.63) is 83.2 Å². The van der Waals surface area contributed by atoms with Crippen molar-refractivity contribution >= 4 is 23.9 Å². The Kier molecular flexibility index (Phi) is 14.6. The van der Waals surface area contributed by atoms with Crippen LogP contribution in [0.25, 0.3) is 22.5 Å². The molecule has 0 unspecified atom stereocenters. The second kappa shape index (κ2) is 19.3. The number of aromatic nitrogens is 4. The van der Waals surface area contributed by atoms with Crippen molar-refractivity contribution in [2.75, 3.05) is 52.5 Å². The van der Waals surface area contributed by atoms with E-state index in [1.165, 1.54) is 9.80 Å². The van der Waals surface area contributed by atoms with Crippen LogP contribution in [0.3, 0.4) is 0 Å². The first-order valence-corrected chi connectivity index (χ1v) is 16.6. The number of benzene rings is 2. The van der Waals surface area contributed by atoms with Gasteiger partial charge >= 0.3 is 23.9 Å². The van der Waals surface area contributed by atoms with Crippen molar-refractivity contribution in [3.8, 4) is 22.5 Å². The molecule has 0 bridgehead atoms. The fraction of sp³-hybridized carbons (Fsp3) is 0.389. The minimum Gasteiger partial charge on any atom is -0.480 e. The van der Waals surface area contributed by atoms with Crippen LogP contribution in [0, 0.1) is 13.8 Å². The van der Waals surface area contributed by atoms with Crippen LogP contribution in [-0.4, -0.2) is 126 Å². The van der Waals surface area contributed by atoms with E-state index in [9.17, 15) is 39.6 Å². The van der Waals surface area contributed by atoms with Crippen LogP contribution in [0.15, 0.2) is 60.7 Å². The first kappa shape index (κ1) is 39.4. The number of aliphatic carboxylic acids is 4. The van der Waals surface area contributed by atoms with Crippen molar-refractivity contribution < 1.29 is 49.1 Å². The highest BCUT2D eigenvalue weighted by atomic mass is 16.5. The molecular formula is C36H44N6O10. The van der Waals surface area contributed by atoms with Gasteiger partial charge in [0.25, 0.3) is 0 Å². The Balaban J connectivity index is 1.41. The Bertz CT molecular complexity index is 1650. The number of carboxylic acids is 4. The molecule has 0 saturated carbocycles. The van der Waals surface area contributed by atoms with Crippen LogP contribution >= 0.6 is 0 Å². The zero-order valence-electron chi connectivity index (χ0n) is 29.2. The number of carbonyl (C=O) groups is 4. The maximum Gasteiger partial charge on any atom is 0.317 e. The highest BCUT2D eigenvalue weighted by molar-refractivity contribution is 5.73. The highest BCUT2D eigenvalue weighted by Gasteiger charge is 2.21. The molecule has 0 aliphatic rings. The summed E-state index contributed by atoms with van der Waals surface area (Å²) in [6.45, 7) is 4.05. The summed E-state index contributed by atoms with van der Waals surface area (Å²) in [6, 6.07) is 19.1. The predicted molar refractivity (Wildman–Crippen MR) is 188 cm³/mol. The summed E-state index contributed by atoms with van der Waals surface area (Å²) in [6.07, 6.45) is 0. The van der Waals surface area contributed by atoms with Gasteiger partial charge < -0.3 is 29.9 Å². The number of hydrogen-bond donors (Lipinski definition) is 4. The van der Waals surface area contributed by atoms with Crippen molar-refractivity contribution in [2.24, 2.45) is 0 Å².